The molecule has 0 saturated carbocycles. The van der Waals surface area contributed by atoms with Crippen molar-refractivity contribution in [2.24, 2.45) is 4.99 Å². The minimum absolute atomic E-state index is 0.310. The molecule has 2 rings (SSSR count). The van der Waals surface area contributed by atoms with Crippen molar-refractivity contribution < 1.29 is 4.39 Å². The zero-order chi connectivity index (χ0) is 10.1. The van der Waals surface area contributed by atoms with Crippen molar-refractivity contribution in [2.45, 2.75) is 0 Å². The fourth-order valence-corrected chi connectivity index (χ4v) is 2.05. The lowest BCUT2D eigenvalue weighted by molar-refractivity contribution is 0.589. The number of hydrogen-bond donors (Lipinski definition) is 2. The number of pyridine rings is 1. The summed E-state index contributed by atoms with van der Waals surface area (Å²) in [6.07, 6.45) is 0. The molecule has 0 aliphatic heterocycles. The van der Waals surface area contributed by atoms with E-state index in [-0.39, 0.29) is 0 Å². The standard InChI is InChI=1S/C7H4FN3S3/c8-4-2-1-3-5(10-4)14-6(9-3)11-7(12)13/h1-2H,(H2,9,11,12,13). The second-order valence-corrected chi connectivity index (χ2v) is 4.52. The minimum atomic E-state index is -0.520. The van der Waals surface area contributed by atoms with Gasteiger partial charge in [-0.05, 0) is 12.1 Å². The van der Waals surface area contributed by atoms with Crippen molar-refractivity contribution in [3.05, 3.63) is 18.1 Å². The first-order valence-electron chi connectivity index (χ1n) is 3.55. The first-order valence-corrected chi connectivity index (χ1v) is 5.26. The third-order valence-electron chi connectivity index (χ3n) is 1.41. The number of fused-ring (bicyclic) bond motifs is 1. The Kier molecular flexibility index (Phi) is 2.71. The molecule has 0 saturated heterocycles. The molecule has 0 aliphatic carbocycles. The smallest absolute Gasteiger partial charge is 0.214 e. The van der Waals surface area contributed by atoms with E-state index in [1.165, 1.54) is 17.4 Å². The molecule has 2 aromatic heterocycles. The molecule has 0 amide bonds. The Morgan fingerprint density at radius 3 is 2.86 bits per heavy atom. The fraction of sp³-hybridized carbons (Fsp3) is 0. The van der Waals surface area contributed by atoms with Crippen LogP contribution in [0.4, 0.5) is 9.52 Å². The van der Waals surface area contributed by atoms with Crippen LogP contribution in [0.5, 0.6) is 0 Å². The number of aromatic nitrogens is 2. The van der Waals surface area contributed by atoms with Gasteiger partial charge in [-0.1, -0.05) is 11.3 Å². The molecular formula is C7H4FN3S3. The Balaban J connectivity index is 2.57. The quantitative estimate of drug-likeness (QED) is 0.351. The number of thiazole rings is 1. The Morgan fingerprint density at radius 1 is 1.36 bits per heavy atom. The zero-order valence-electron chi connectivity index (χ0n) is 6.68. The molecule has 2 aromatic rings. The van der Waals surface area contributed by atoms with E-state index < -0.39 is 5.95 Å². The monoisotopic (exact) mass is 245 g/mol. The summed E-state index contributed by atoms with van der Waals surface area (Å²) in [5, 5.41) is 0.470. The van der Waals surface area contributed by atoms with Crippen molar-refractivity contribution in [1.82, 2.24) is 9.97 Å². The van der Waals surface area contributed by atoms with Crippen molar-refractivity contribution in [3.8, 4) is 0 Å². The number of nitrogens with zero attached hydrogens (tertiary/aromatic N) is 3. The van der Waals surface area contributed by atoms with E-state index >= 15 is 0 Å². The predicted molar refractivity (Wildman–Crippen MR) is 62.4 cm³/mol. The van der Waals surface area contributed by atoms with Crippen LogP contribution in [-0.2, 0) is 0 Å². The van der Waals surface area contributed by atoms with Crippen molar-refractivity contribution >= 4 is 56.4 Å². The van der Waals surface area contributed by atoms with Gasteiger partial charge in [0.05, 0.1) is 0 Å². The van der Waals surface area contributed by atoms with Crippen LogP contribution in [0.3, 0.4) is 0 Å². The van der Waals surface area contributed by atoms with E-state index in [4.69, 9.17) is 0 Å². The van der Waals surface area contributed by atoms with Crippen molar-refractivity contribution in [2.75, 3.05) is 0 Å². The first kappa shape index (κ1) is 9.88. The average molecular weight is 245 g/mol. The average Bonchev–Trinajstić information content (AvgIpc) is 2.44. The maximum absolute atomic E-state index is 12.7. The lowest BCUT2D eigenvalue weighted by Crippen LogP contribution is -1.78. The topological polar surface area (TPSA) is 38.1 Å². The molecule has 3 nitrogen and oxygen atoms in total. The molecule has 14 heavy (non-hydrogen) atoms. The summed E-state index contributed by atoms with van der Waals surface area (Å²) in [4.78, 5) is 12.2. The maximum Gasteiger partial charge on any atom is 0.214 e. The summed E-state index contributed by atoms with van der Waals surface area (Å²) in [5.41, 5.74) is 0.623. The highest BCUT2D eigenvalue weighted by atomic mass is 32.2. The van der Waals surface area contributed by atoms with Gasteiger partial charge < -0.3 is 0 Å². The van der Waals surface area contributed by atoms with Crippen LogP contribution < -0.4 is 0 Å². The maximum atomic E-state index is 12.7. The normalized spacial score (nSPS) is 10.5. The zero-order valence-corrected chi connectivity index (χ0v) is 9.28. The molecule has 0 atom stereocenters. The summed E-state index contributed by atoms with van der Waals surface area (Å²) in [7, 11) is 0. The molecule has 0 bridgehead atoms. The highest BCUT2D eigenvalue weighted by molar-refractivity contribution is 8.23. The Morgan fingerprint density at radius 2 is 2.14 bits per heavy atom. The van der Waals surface area contributed by atoms with E-state index in [1.54, 1.807) is 6.07 Å². The Hall–Kier alpha value is -0.660. The highest BCUT2D eigenvalue weighted by Crippen LogP contribution is 2.27. The van der Waals surface area contributed by atoms with Gasteiger partial charge in [-0.15, -0.1) is 25.3 Å². The lowest BCUT2D eigenvalue weighted by Gasteiger charge is -1.84. The van der Waals surface area contributed by atoms with Gasteiger partial charge in [0.1, 0.15) is 14.7 Å². The highest BCUT2D eigenvalue weighted by Gasteiger charge is 2.04. The van der Waals surface area contributed by atoms with Crippen LogP contribution in [-0.4, -0.2) is 14.3 Å². The minimum Gasteiger partial charge on any atom is -0.216 e. The molecule has 0 unspecified atom stereocenters. The van der Waals surface area contributed by atoms with E-state index in [2.05, 4.69) is 40.2 Å². The molecule has 0 aromatic carbocycles. The summed E-state index contributed by atoms with van der Waals surface area (Å²) in [6, 6.07) is 2.82. The van der Waals surface area contributed by atoms with Gasteiger partial charge >= 0.3 is 0 Å². The number of halogens is 1. The van der Waals surface area contributed by atoms with Crippen LogP contribution in [0, 0.1) is 5.95 Å². The van der Waals surface area contributed by atoms with E-state index in [0.717, 1.165) is 0 Å². The van der Waals surface area contributed by atoms with Gasteiger partial charge in [-0.3, -0.25) is 0 Å². The van der Waals surface area contributed by atoms with Crippen molar-refractivity contribution in [3.63, 3.8) is 0 Å². The Bertz CT molecular complexity index is 504. The SMILES string of the molecule is Fc1ccc2nc(N=C(S)S)sc2n1. The molecule has 0 N–H and O–H groups in total. The molecular weight excluding hydrogens is 241 g/mol. The summed E-state index contributed by atoms with van der Waals surface area (Å²) >= 11 is 8.99. The summed E-state index contributed by atoms with van der Waals surface area (Å²) in [5.74, 6) is -0.520. The van der Waals surface area contributed by atoms with Gasteiger partial charge in [-0.25, -0.2) is 15.0 Å². The van der Waals surface area contributed by atoms with E-state index in [0.29, 0.717) is 19.9 Å². The van der Waals surface area contributed by atoms with Gasteiger partial charge in [-0.2, -0.15) is 4.39 Å². The molecule has 0 spiro atoms. The fourth-order valence-electron chi connectivity index (χ4n) is 0.916. The first-order chi connectivity index (χ1) is 6.65. The van der Waals surface area contributed by atoms with Crippen LogP contribution in [0.1, 0.15) is 0 Å². The van der Waals surface area contributed by atoms with Gasteiger partial charge in [0, 0.05) is 0 Å². The largest absolute Gasteiger partial charge is 0.216 e. The molecule has 0 radical (unpaired) electrons. The molecule has 0 aliphatic rings. The molecule has 0 fully saturated rings. The third-order valence-corrected chi connectivity index (χ3v) is 2.46. The van der Waals surface area contributed by atoms with E-state index in [9.17, 15) is 4.39 Å². The van der Waals surface area contributed by atoms with E-state index in [1.807, 2.05) is 0 Å². The number of thiol groups is 2. The second-order valence-electron chi connectivity index (χ2n) is 2.37. The van der Waals surface area contributed by atoms with Crippen LogP contribution in [0.25, 0.3) is 10.3 Å². The number of rotatable bonds is 1. The third kappa shape index (κ3) is 2.05. The van der Waals surface area contributed by atoms with Crippen LogP contribution in [0.15, 0.2) is 17.1 Å². The number of hydrogen-bond acceptors (Lipinski definition) is 4. The summed E-state index contributed by atoms with van der Waals surface area (Å²) < 4.78 is 13.0. The van der Waals surface area contributed by atoms with Crippen molar-refractivity contribution in [1.29, 1.82) is 0 Å². The Labute approximate surface area is 93.9 Å². The number of aliphatic imine (C=N–C) groups is 1. The molecule has 2 heterocycles. The van der Waals surface area contributed by atoms with Gasteiger partial charge in [0.15, 0.2) is 0 Å². The summed E-state index contributed by atoms with van der Waals surface area (Å²) in [6.45, 7) is 0. The lowest BCUT2D eigenvalue weighted by atomic mass is 10.4. The molecule has 7 heteroatoms. The van der Waals surface area contributed by atoms with Crippen LogP contribution >= 0.6 is 36.6 Å². The van der Waals surface area contributed by atoms with Gasteiger partial charge in [0.2, 0.25) is 11.1 Å². The second kappa shape index (κ2) is 3.84. The molecule has 72 valence electrons. The predicted octanol–water partition coefficient (Wildman–Crippen LogP) is 2.68. The van der Waals surface area contributed by atoms with Crippen LogP contribution in [0.2, 0.25) is 0 Å². The van der Waals surface area contributed by atoms with Gasteiger partial charge in [0.25, 0.3) is 0 Å².